The van der Waals surface area contributed by atoms with Crippen LogP contribution in [0.25, 0.3) is 22.2 Å². The van der Waals surface area contributed by atoms with Crippen LogP contribution >= 0.6 is 22.9 Å². The van der Waals surface area contributed by atoms with Crippen molar-refractivity contribution in [1.82, 2.24) is 4.98 Å². The van der Waals surface area contributed by atoms with Crippen molar-refractivity contribution in [3.05, 3.63) is 87.4 Å². The third-order valence-electron chi connectivity index (χ3n) is 4.79. The lowest BCUT2D eigenvalue weighted by Gasteiger charge is -2.08. The third kappa shape index (κ3) is 4.93. The fourth-order valence-electron chi connectivity index (χ4n) is 3.23. The Morgan fingerprint density at radius 3 is 2.72 bits per heavy atom. The van der Waals surface area contributed by atoms with E-state index in [0.29, 0.717) is 29.6 Å². The zero-order chi connectivity index (χ0) is 22.5. The molecule has 0 bridgehead atoms. The molecule has 0 radical (unpaired) electrons. The Hall–Kier alpha value is -3.35. The molecule has 4 aromatic rings. The molecule has 5 nitrogen and oxygen atoms in total. The molecule has 162 valence electrons. The molecular formula is C25H21ClN2O3S. The molecule has 32 heavy (non-hydrogen) atoms. The van der Waals surface area contributed by atoms with Crippen molar-refractivity contribution in [3.63, 3.8) is 0 Å². The Balaban J connectivity index is 1.51. The highest BCUT2D eigenvalue weighted by Gasteiger charge is 2.18. The minimum Gasteiger partial charge on any atom is -0.489 e. The van der Waals surface area contributed by atoms with E-state index in [1.165, 1.54) is 17.5 Å². The van der Waals surface area contributed by atoms with E-state index in [4.69, 9.17) is 26.8 Å². The maximum atomic E-state index is 12.2. The van der Waals surface area contributed by atoms with Crippen molar-refractivity contribution in [2.24, 2.45) is 0 Å². The first-order chi connectivity index (χ1) is 15.5. The zero-order valence-electron chi connectivity index (χ0n) is 17.4. The third-order valence-corrected chi connectivity index (χ3v) is 6.10. The van der Waals surface area contributed by atoms with Gasteiger partial charge in [0.25, 0.3) is 0 Å². The van der Waals surface area contributed by atoms with Crippen molar-refractivity contribution < 1.29 is 14.3 Å². The summed E-state index contributed by atoms with van der Waals surface area (Å²) >= 11 is 7.37. The van der Waals surface area contributed by atoms with E-state index in [1.807, 2.05) is 66.1 Å². The molecule has 0 aliphatic heterocycles. The number of nitrogens with zero attached hydrogens (tertiary/aromatic N) is 1. The number of esters is 1. The van der Waals surface area contributed by atoms with E-state index in [2.05, 4.69) is 4.98 Å². The predicted molar refractivity (Wildman–Crippen MR) is 131 cm³/mol. The van der Waals surface area contributed by atoms with Crippen LogP contribution in [0.2, 0.25) is 5.02 Å². The second-order valence-corrected chi connectivity index (χ2v) is 8.30. The fourth-order valence-corrected chi connectivity index (χ4v) is 4.41. The smallest absolute Gasteiger partial charge is 0.341 e. The molecular weight excluding hydrogens is 444 g/mol. The quantitative estimate of drug-likeness (QED) is 0.251. The molecule has 0 aliphatic rings. The van der Waals surface area contributed by atoms with E-state index in [-0.39, 0.29) is 0 Å². The number of benzene rings is 2. The number of nitrogens with two attached hydrogens (primary N) is 1. The van der Waals surface area contributed by atoms with Gasteiger partial charge in [-0.15, -0.1) is 11.3 Å². The molecule has 0 fully saturated rings. The summed E-state index contributed by atoms with van der Waals surface area (Å²) in [5, 5.41) is 3.39. The Morgan fingerprint density at radius 2 is 1.94 bits per heavy atom. The van der Waals surface area contributed by atoms with Gasteiger partial charge in [0.2, 0.25) is 0 Å². The van der Waals surface area contributed by atoms with Crippen molar-refractivity contribution in [3.8, 4) is 5.75 Å². The van der Waals surface area contributed by atoms with Crippen LogP contribution in [0.4, 0.5) is 5.82 Å². The fraction of sp³-hybridized carbons (Fsp3) is 0.120. The molecule has 2 aromatic carbocycles. The zero-order valence-corrected chi connectivity index (χ0v) is 19.0. The van der Waals surface area contributed by atoms with Gasteiger partial charge in [-0.1, -0.05) is 48.0 Å². The highest BCUT2D eigenvalue weighted by Crippen LogP contribution is 2.33. The SMILES string of the molecule is CCOC(=O)c1cnc(N)c2c(COc3cccc(/C=C/c4ccc(Cl)cc4)c3)csc12. The topological polar surface area (TPSA) is 74.4 Å². The summed E-state index contributed by atoms with van der Waals surface area (Å²) in [6, 6.07) is 15.5. The highest BCUT2D eigenvalue weighted by molar-refractivity contribution is 7.17. The second-order valence-electron chi connectivity index (χ2n) is 6.99. The maximum absolute atomic E-state index is 12.2. The van der Waals surface area contributed by atoms with E-state index in [1.54, 1.807) is 6.92 Å². The number of hydrogen-bond acceptors (Lipinski definition) is 6. The number of halogens is 1. The first-order valence-electron chi connectivity index (χ1n) is 10.0. The van der Waals surface area contributed by atoms with Crippen LogP contribution in [0.3, 0.4) is 0 Å². The van der Waals surface area contributed by atoms with E-state index < -0.39 is 5.97 Å². The molecule has 0 saturated heterocycles. The lowest BCUT2D eigenvalue weighted by molar-refractivity contribution is 0.0528. The second kappa shape index (κ2) is 9.85. The minimum atomic E-state index is -0.403. The first-order valence-corrected chi connectivity index (χ1v) is 11.3. The summed E-state index contributed by atoms with van der Waals surface area (Å²) in [7, 11) is 0. The molecule has 0 atom stereocenters. The number of carbonyl (C=O) groups is 1. The molecule has 2 N–H and O–H groups in total. The normalized spacial score (nSPS) is 11.2. The van der Waals surface area contributed by atoms with E-state index >= 15 is 0 Å². The largest absolute Gasteiger partial charge is 0.489 e. The molecule has 2 aromatic heterocycles. The summed E-state index contributed by atoms with van der Waals surface area (Å²) in [6.45, 7) is 2.38. The monoisotopic (exact) mass is 464 g/mol. The Bertz CT molecular complexity index is 1280. The van der Waals surface area contributed by atoms with Gasteiger partial charge < -0.3 is 15.2 Å². The number of nitrogen functional groups attached to an aromatic ring is 1. The summed E-state index contributed by atoms with van der Waals surface area (Å²) in [5.74, 6) is 0.697. The van der Waals surface area contributed by atoms with E-state index in [0.717, 1.165) is 32.5 Å². The van der Waals surface area contributed by atoms with Gasteiger partial charge in [0.1, 0.15) is 18.2 Å². The Kier molecular flexibility index (Phi) is 6.73. The van der Waals surface area contributed by atoms with Gasteiger partial charge in [-0.2, -0.15) is 0 Å². The molecule has 0 unspecified atom stereocenters. The number of hydrogen-bond donors (Lipinski definition) is 1. The molecule has 0 saturated carbocycles. The summed E-state index contributed by atoms with van der Waals surface area (Å²) in [5.41, 5.74) is 9.48. The lowest BCUT2D eigenvalue weighted by Crippen LogP contribution is -2.06. The van der Waals surface area contributed by atoms with Gasteiger partial charge in [-0.3, -0.25) is 0 Å². The summed E-state index contributed by atoms with van der Waals surface area (Å²) in [4.78, 5) is 16.4. The average Bonchev–Trinajstić information content (AvgIpc) is 3.23. The number of fused-ring (bicyclic) bond motifs is 1. The van der Waals surface area contributed by atoms with Gasteiger partial charge in [0.15, 0.2) is 0 Å². The van der Waals surface area contributed by atoms with Crippen LogP contribution in [0, 0.1) is 0 Å². The number of ether oxygens (including phenoxy) is 2. The van der Waals surface area contributed by atoms with Gasteiger partial charge in [-0.05, 0) is 47.7 Å². The van der Waals surface area contributed by atoms with Crippen LogP contribution in [-0.4, -0.2) is 17.6 Å². The number of carbonyl (C=O) groups excluding carboxylic acids is 1. The van der Waals surface area contributed by atoms with Crippen LogP contribution in [0.15, 0.2) is 60.1 Å². The number of rotatable bonds is 7. The highest BCUT2D eigenvalue weighted by atomic mass is 35.5. The van der Waals surface area contributed by atoms with Crippen molar-refractivity contribution >= 4 is 57.0 Å². The molecule has 0 aliphatic carbocycles. The predicted octanol–water partition coefficient (Wildman–Crippen LogP) is 6.46. The van der Waals surface area contributed by atoms with Crippen LogP contribution in [-0.2, 0) is 11.3 Å². The average molecular weight is 465 g/mol. The van der Waals surface area contributed by atoms with Crippen LogP contribution < -0.4 is 10.5 Å². The van der Waals surface area contributed by atoms with E-state index in [9.17, 15) is 4.79 Å². The van der Waals surface area contributed by atoms with Gasteiger partial charge >= 0.3 is 5.97 Å². The molecule has 2 heterocycles. The van der Waals surface area contributed by atoms with Crippen LogP contribution in [0.5, 0.6) is 5.75 Å². The molecule has 0 amide bonds. The summed E-state index contributed by atoms with van der Waals surface area (Å²) < 4.78 is 11.9. The van der Waals surface area contributed by atoms with Crippen molar-refractivity contribution in [2.45, 2.75) is 13.5 Å². The summed E-state index contributed by atoms with van der Waals surface area (Å²) in [6.07, 6.45) is 5.50. The van der Waals surface area contributed by atoms with Crippen LogP contribution in [0.1, 0.15) is 34.0 Å². The molecule has 0 spiro atoms. The lowest BCUT2D eigenvalue weighted by atomic mass is 10.1. The number of anilines is 1. The molecule has 7 heteroatoms. The number of thiophene rings is 1. The number of pyridine rings is 1. The maximum Gasteiger partial charge on any atom is 0.341 e. The first kappa shape index (κ1) is 21.9. The number of aromatic nitrogens is 1. The van der Waals surface area contributed by atoms with Gasteiger partial charge in [0, 0.05) is 22.2 Å². The van der Waals surface area contributed by atoms with Crippen molar-refractivity contribution in [1.29, 1.82) is 0 Å². The Labute approximate surface area is 195 Å². The van der Waals surface area contributed by atoms with Gasteiger partial charge in [0.05, 0.1) is 16.9 Å². The Morgan fingerprint density at radius 1 is 1.16 bits per heavy atom. The molecule has 4 rings (SSSR count). The van der Waals surface area contributed by atoms with Crippen molar-refractivity contribution in [2.75, 3.05) is 12.3 Å². The van der Waals surface area contributed by atoms with Gasteiger partial charge in [-0.25, -0.2) is 9.78 Å². The standard InChI is InChI=1S/C25H21ClN2O3S/c1-2-30-25(29)21-13-28-24(27)22-18(15-32-23(21)22)14-31-20-5-3-4-17(12-20)7-6-16-8-10-19(26)11-9-16/h3-13,15H,2,14H2,1H3,(H2,27,28)/b7-6+. The minimum absolute atomic E-state index is 0.300.